The van der Waals surface area contributed by atoms with Crippen LogP contribution in [0, 0.1) is 5.92 Å². The summed E-state index contributed by atoms with van der Waals surface area (Å²) in [6, 6.07) is 1.00. The molecule has 0 aromatic carbocycles. The summed E-state index contributed by atoms with van der Waals surface area (Å²) in [5.74, 6) is -1.37. The van der Waals surface area contributed by atoms with Crippen LogP contribution < -0.4 is 5.32 Å². The minimum absolute atomic E-state index is 0.000307. The summed E-state index contributed by atoms with van der Waals surface area (Å²) in [6.07, 6.45) is 1.18. The molecule has 2 N–H and O–H groups in total. The van der Waals surface area contributed by atoms with Gasteiger partial charge in [0.2, 0.25) is 5.22 Å². The molecular weight excluding hydrogens is 246 g/mol. The molecule has 0 saturated carbocycles. The fourth-order valence-electron chi connectivity index (χ4n) is 1.34. The molecule has 6 heteroatoms. The summed E-state index contributed by atoms with van der Waals surface area (Å²) >= 11 is 5.66. The molecule has 1 unspecified atom stereocenters. The van der Waals surface area contributed by atoms with Gasteiger partial charge in [-0.05, 0) is 23.6 Å². The Bertz CT molecular complexity index is 413. The molecule has 0 saturated heterocycles. The second-order valence-corrected chi connectivity index (χ2v) is 4.37. The highest BCUT2D eigenvalue weighted by Crippen LogP contribution is 2.17. The van der Waals surface area contributed by atoms with Crippen molar-refractivity contribution >= 4 is 23.5 Å². The number of carbonyl (C=O) groups excluding carboxylic acids is 1. The zero-order valence-electron chi connectivity index (χ0n) is 9.57. The van der Waals surface area contributed by atoms with Crippen LogP contribution in [0.2, 0.25) is 5.22 Å². The smallest absolute Gasteiger partial charge is 0.305 e. The van der Waals surface area contributed by atoms with Gasteiger partial charge in [-0.25, -0.2) is 0 Å². The fraction of sp³-hybridized carbons (Fsp3) is 0.455. The van der Waals surface area contributed by atoms with Gasteiger partial charge < -0.3 is 14.8 Å². The van der Waals surface area contributed by atoms with Crippen molar-refractivity contribution < 1.29 is 19.1 Å². The van der Waals surface area contributed by atoms with Gasteiger partial charge in [0.1, 0.15) is 0 Å². The summed E-state index contributed by atoms with van der Waals surface area (Å²) in [7, 11) is 0. The zero-order valence-corrected chi connectivity index (χ0v) is 10.3. The van der Waals surface area contributed by atoms with Gasteiger partial charge in [0.15, 0.2) is 0 Å². The first-order valence-corrected chi connectivity index (χ1v) is 5.55. The first-order valence-electron chi connectivity index (χ1n) is 5.17. The molecule has 0 bridgehead atoms. The van der Waals surface area contributed by atoms with Crippen LogP contribution in [0.15, 0.2) is 16.7 Å². The van der Waals surface area contributed by atoms with Crippen molar-refractivity contribution in [2.75, 3.05) is 0 Å². The van der Waals surface area contributed by atoms with E-state index in [2.05, 4.69) is 5.32 Å². The molecule has 0 aliphatic rings. The Balaban J connectivity index is 2.71. The van der Waals surface area contributed by atoms with Crippen molar-refractivity contribution in [1.29, 1.82) is 0 Å². The average Bonchev–Trinajstić information content (AvgIpc) is 2.62. The molecule has 0 fully saturated rings. The van der Waals surface area contributed by atoms with E-state index in [1.54, 1.807) is 0 Å². The Labute approximate surface area is 104 Å². The lowest BCUT2D eigenvalue weighted by molar-refractivity contribution is -0.137. The molecule has 0 aliphatic heterocycles. The number of furan rings is 1. The standard InChI is InChI=1S/C11H14ClNO4/c1-6(2)8(5-9(14)15)13-11(16)7-3-4-17-10(7)12/h3-4,6,8H,5H2,1-2H3,(H,13,16)(H,14,15). The van der Waals surface area contributed by atoms with Gasteiger partial charge in [-0.3, -0.25) is 9.59 Å². The monoisotopic (exact) mass is 259 g/mol. The number of aliphatic carboxylic acids is 1. The van der Waals surface area contributed by atoms with Crippen molar-refractivity contribution in [3.8, 4) is 0 Å². The second-order valence-electron chi connectivity index (χ2n) is 4.03. The number of halogens is 1. The third-order valence-electron chi connectivity index (χ3n) is 2.38. The second kappa shape index (κ2) is 5.72. The number of carbonyl (C=O) groups is 2. The van der Waals surface area contributed by atoms with E-state index in [-0.39, 0.29) is 23.1 Å². The van der Waals surface area contributed by atoms with Crippen molar-refractivity contribution in [3.63, 3.8) is 0 Å². The number of hydrogen-bond acceptors (Lipinski definition) is 3. The molecule has 1 aromatic heterocycles. The largest absolute Gasteiger partial charge is 0.481 e. The van der Waals surface area contributed by atoms with Gasteiger partial charge >= 0.3 is 5.97 Å². The minimum atomic E-state index is -0.956. The van der Waals surface area contributed by atoms with E-state index in [9.17, 15) is 9.59 Å². The van der Waals surface area contributed by atoms with Crippen LogP contribution in [0.1, 0.15) is 30.6 Å². The molecular formula is C11H14ClNO4. The van der Waals surface area contributed by atoms with E-state index in [4.69, 9.17) is 21.1 Å². The number of carboxylic acid groups (broad SMARTS) is 1. The number of carboxylic acids is 1. The van der Waals surface area contributed by atoms with E-state index >= 15 is 0 Å². The highest BCUT2D eigenvalue weighted by molar-refractivity contribution is 6.32. The molecule has 1 heterocycles. The number of rotatable bonds is 5. The predicted molar refractivity (Wildman–Crippen MR) is 62.1 cm³/mol. The van der Waals surface area contributed by atoms with E-state index in [0.29, 0.717) is 0 Å². The summed E-state index contributed by atoms with van der Waals surface area (Å²) in [6.45, 7) is 3.68. The third kappa shape index (κ3) is 3.78. The quantitative estimate of drug-likeness (QED) is 0.849. The van der Waals surface area contributed by atoms with Crippen molar-refractivity contribution in [1.82, 2.24) is 5.32 Å². The normalized spacial score (nSPS) is 12.5. The molecule has 1 aromatic rings. The molecule has 0 spiro atoms. The van der Waals surface area contributed by atoms with Crippen molar-refractivity contribution in [2.24, 2.45) is 5.92 Å². The van der Waals surface area contributed by atoms with Crippen molar-refractivity contribution in [2.45, 2.75) is 26.3 Å². The summed E-state index contributed by atoms with van der Waals surface area (Å²) < 4.78 is 4.80. The van der Waals surface area contributed by atoms with Gasteiger partial charge in [0.05, 0.1) is 18.2 Å². The number of hydrogen-bond donors (Lipinski definition) is 2. The lowest BCUT2D eigenvalue weighted by Crippen LogP contribution is -2.40. The maximum atomic E-state index is 11.8. The van der Waals surface area contributed by atoms with Gasteiger partial charge in [-0.2, -0.15) is 0 Å². The predicted octanol–water partition coefficient (Wildman–Crippen LogP) is 2.16. The molecule has 1 amide bonds. The SMILES string of the molecule is CC(C)C(CC(=O)O)NC(=O)c1ccoc1Cl. The molecule has 1 atom stereocenters. The summed E-state index contributed by atoms with van der Waals surface area (Å²) in [4.78, 5) is 22.4. The maximum Gasteiger partial charge on any atom is 0.305 e. The minimum Gasteiger partial charge on any atom is -0.481 e. The molecule has 1 rings (SSSR count). The van der Waals surface area contributed by atoms with Gasteiger partial charge in [0.25, 0.3) is 5.91 Å². The Morgan fingerprint density at radius 2 is 2.18 bits per heavy atom. The first kappa shape index (κ1) is 13.6. The fourth-order valence-corrected chi connectivity index (χ4v) is 1.54. The Morgan fingerprint density at radius 1 is 1.53 bits per heavy atom. The summed E-state index contributed by atoms with van der Waals surface area (Å²) in [5, 5.41) is 11.4. The highest BCUT2D eigenvalue weighted by atomic mass is 35.5. The molecule has 0 aliphatic carbocycles. The van der Waals surface area contributed by atoms with E-state index in [1.165, 1.54) is 12.3 Å². The van der Waals surface area contributed by atoms with Crippen LogP contribution in [-0.4, -0.2) is 23.0 Å². The Morgan fingerprint density at radius 3 is 2.59 bits per heavy atom. The summed E-state index contributed by atoms with van der Waals surface area (Å²) in [5.41, 5.74) is 0.211. The zero-order chi connectivity index (χ0) is 13.0. The molecule has 94 valence electrons. The molecule has 0 radical (unpaired) electrons. The van der Waals surface area contributed by atoms with Gasteiger partial charge in [-0.1, -0.05) is 13.8 Å². The maximum absolute atomic E-state index is 11.8. The van der Waals surface area contributed by atoms with Gasteiger partial charge in [0, 0.05) is 6.04 Å². The first-order chi connectivity index (χ1) is 7.91. The van der Waals surface area contributed by atoms with Crippen LogP contribution in [-0.2, 0) is 4.79 Å². The lowest BCUT2D eigenvalue weighted by atomic mass is 10.0. The van der Waals surface area contributed by atoms with Gasteiger partial charge in [-0.15, -0.1) is 0 Å². The third-order valence-corrected chi connectivity index (χ3v) is 2.67. The van der Waals surface area contributed by atoms with E-state index < -0.39 is 17.9 Å². The highest BCUT2D eigenvalue weighted by Gasteiger charge is 2.22. The van der Waals surface area contributed by atoms with E-state index in [0.717, 1.165) is 0 Å². The van der Waals surface area contributed by atoms with Crippen molar-refractivity contribution in [3.05, 3.63) is 23.1 Å². The van der Waals surface area contributed by atoms with Crippen LogP contribution in [0.3, 0.4) is 0 Å². The lowest BCUT2D eigenvalue weighted by Gasteiger charge is -2.20. The van der Waals surface area contributed by atoms with Crippen LogP contribution >= 0.6 is 11.6 Å². The van der Waals surface area contributed by atoms with Crippen LogP contribution in [0.25, 0.3) is 0 Å². The number of amides is 1. The Hall–Kier alpha value is -1.49. The topological polar surface area (TPSA) is 79.5 Å². The number of nitrogens with one attached hydrogen (secondary N) is 1. The Kier molecular flexibility index (Phi) is 4.57. The van der Waals surface area contributed by atoms with Crippen LogP contribution in [0.5, 0.6) is 0 Å². The molecule has 17 heavy (non-hydrogen) atoms. The average molecular weight is 260 g/mol. The van der Waals surface area contributed by atoms with E-state index in [1.807, 2.05) is 13.8 Å². The molecule has 5 nitrogen and oxygen atoms in total. The van der Waals surface area contributed by atoms with Crippen LogP contribution in [0.4, 0.5) is 0 Å².